The maximum Gasteiger partial charge on any atom is 0.513 e. The first-order valence-corrected chi connectivity index (χ1v) is 10.6. The molecule has 0 aliphatic carbocycles. The minimum absolute atomic E-state index is 0.151. The zero-order chi connectivity index (χ0) is 23.1. The summed E-state index contributed by atoms with van der Waals surface area (Å²) in [5.74, 6) is 0.115. The van der Waals surface area contributed by atoms with E-state index in [1.165, 1.54) is 0 Å². The molecule has 1 atom stereocenters. The van der Waals surface area contributed by atoms with Crippen LogP contribution in [0.5, 0.6) is 5.75 Å². The molecule has 0 bridgehead atoms. The van der Waals surface area contributed by atoms with Crippen LogP contribution in [0.15, 0.2) is 48.5 Å². The fourth-order valence-corrected chi connectivity index (χ4v) is 4.41. The molecule has 168 valence electrons. The van der Waals surface area contributed by atoms with Gasteiger partial charge in [0.05, 0.1) is 12.0 Å². The number of rotatable bonds is 5. The Morgan fingerprint density at radius 2 is 1.91 bits per heavy atom. The second-order valence-electron chi connectivity index (χ2n) is 8.66. The lowest BCUT2D eigenvalue weighted by Crippen LogP contribution is -2.51. The first kappa shape index (κ1) is 21.7. The lowest BCUT2D eigenvalue weighted by atomic mass is 9.77. The summed E-state index contributed by atoms with van der Waals surface area (Å²) in [5, 5.41) is 0. The second-order valence-corrected chi connectivity index (χ2v) is 8.66. The predicted molar refractivity (Wildman–Crippen MR) is 123 cm³/mol. The molecule has 0 aromatic heterocycles. The van der Waals surface area contributed by atoms with Gasteiger partial charge in [0.25, 0.3) is 0 Å². The van der Waals surface area contributed by atoms with Crippen LogP contribution in [0, 0.1) is 0 Å². The number of fused-ring (bicyclic) bond motifs is 3. The Morgan fingerprint density at radius 1 is 1.19 bits per heavy atom. The number of esters is 1. The molecule has 32 heavy (non-hydrogen) atoms. The highest BCUT2D eigenvalue weighted by Crippen LogP contribution is 2.56. The summed E-state index contributed by atoms with van der Waals surface area (Å²) in [4.78, 5) is 28.2. The topological polar surface area (TPSA) is 68.3 Å². The van der Waals surface area contributed by atoms with Gasteiger partial charge >= 0.3 is 12.1 Å². The highest BCUT2D eigenvalue weighted by Gasteiger charge is 2.62. The fraction of sp³-hybridized carbons (Fsp3) is 0.360. The number of carbonyl (C=O) groups is 2. The molecule has 4 rings (SSSR count). The Bertz CT molecular complexity index is 1070. The molecule has 0 radical (unpaired) electrons. The molecule has 2 aromatic rings. The van der Waals surface area contributed by atoms with Gasteiger partial charge in [-0.25, -0.2) is 4.79 Å². The van der Waals surface area contributed by atoms with E-state index in [0.29, 0.717) is 5.75 Å². The summed E-state index contributed by atoms with van der Waals surface area (Å²) < 4.78 is 16.2. The molecule has 2 aromatic carbocycles. The van der Waals surface area contributed by atoms with E-state index >= 15 is 0 Å². The number of carbonyl (C=O) groups excluding carboxylic acids is 2. The van der Waals surface area contributed by atoms with Crippen LogP contribution in [0.2, 0.25) is 0 Å². The molecule has 1 saturated heterocycles. The highest BCUT2D eigenvalue weighted by molar-refractivity contribution is 5.86. The maximum absolute atomic E-state index is 12.4. The van der Waals surface area contributed by atoms with Gasteiger partial charge in [0.15, 0.2) is 0 Å². The van der Waals surface area contributed by atoms with Gasteiger partial charge in [-0.05, 0) is 68.3 Å². The van der Waals surface area contributed by atoms with Gasteiger partial charge in [-0.2, -0.15) is 0 Å². The first-order valence-electron chi connectivity index (χ1n) is 10.6. The molecule has 2 aliphatic rings. The van der Waals surface area contributed by atoms with Gasteiger partial charge in [-0.15, -0.1) is 0 Å². The third kappa shape index (κ3) is 3.47. The number of nitrogens with zero attached hydrogens (tertiary/aromatic N) is 2. The van der Waals surface area contributed by atoms with Crippen LogP contribution in [0.25, 0.3) is 6.08 Å². The van der Waals surface area contributed by atoms with E-state index in [-0.39, 0.29) is 19.1 Å². The molecular weight excluding hydrogens is 408 g/mol. The van der Waals surface area contributed by atoms with E-state index in [0.717, 1.165) is 22.5 Å². The van der Waals surface area contributed by atoms with E-state index in [9.17, 15) is 9.59 Å². The third-order valence-corrected chi connectivity index (χ3v) is 6.16. The molecule has 1 unspecified atom stereocenters. The van der Waals surface area contributed by atoms with E-state index < -0.39 is 17.3 Å². The number of benzene rings is 2. The Morgan fingerprint density at radius 3 is 2.56 bits per heavy atom. The first-order chi connectivity index (χ1) is 15.2. The van der Waals surface area contributed by atoms with Crippen LogP contribution in [0.1, 0.15) is 31.9 Å². The van der Waals surface area contributed by atoms with Crippen molar-refractivity contribution in [1.82, 2.24) is 0 Å². The van der Waals surface area contributed by atoms with Crippen LogP contribution < -0.4 is 14.5 Å². The van der Waals surface area contributed by atoms with Crippen LogP contribution >= 0.6 is 0 Å². The number of hydrogen-bond donors (Lipinski definition) is 0. The van der Waals surface area contributed by atoms with Crippen LogP contribution in [0.4, 0.5) is 16.2 Å². The largest absolute Gasteiger partial charge is 0.513 e. The Hall–Kier alpha value is -3.48. The molecule has 1 fully saturated rings. The Balaban J connectivity index is 1.70. The molecule has 7 nitrogen and oxygen atoms in total. The summed E-state index contributed by atoms with van der Waals surface area (Å²) in [6.07, 6.45) is 3.19. The SMILES string of the molecule is CCOC(=O)Oc1ccc2c(c1)C(C)(C)C1(C=Cc3ccc(N(C)C)cc3)OC(=O)CN21. The lowest BCUT2D eigenvalue weighted by molar-refractivity contribution is -0.147. The summed E-state index contributed by atoms with van der Waals surface area (Å²) >= 11 is 0. The van der Waals surface area contributed by atoms with Crippen molar-refractivity contribution >= 4 is 29.6 Å². The number of hydrogen-bond acceptors (Lipinski definition) is 7. The quantitative estimate of drug-likeness (QED) is 0.510. The summed E-state index contributed by atoms with van der Waals surface area (Å²) in [6, 6.07) is 13.5. The minimum Gasteiger partial charge on any atom is -0.434 e. The predicted octanol–water partition coefficient (Wildman–Crippen LogP) is 4.35. The van der Waals surface area contributed by atoms with Crippen molar-refractivity contribution in [3.63, 3.8) is 0 Å². The third-order valence-electron chi connectivity index (χ3n) is 6.16. The van der Waals surface area contributed by atoms with Crippen LogP contribution in [0.3, 0.4) is 0 Å². The van der Waals surface area contributed by atoms with Gasteiger partial charge < -0.3 is 24.0 Å². The molecule has 2 aliphatic heterocycles. The van der Waals surface area contributed by atoms with Crippen molar-refractivity contribution in [1.29, 1.82) is 0 Å². The zero-order valence-corrected chi connectivity index (χ0v) is 19.0. The summed E-state index contributed by atoms with van der Waals surface area (Å²) in [5.41, 5.74) is 2.35. The summed E-state index contributed by atoms with van der Waals surface area (Å²) in [6.45, 7) is 6.16. The Labute approximate surface area is 188 Å². The Kier molecular flexibility index (Phi) is 5.36. The van der Waals surface area contributed by atoms with Crippen molar-refractivity contribution in [3.8, 4) is 5.75 Å². The van der Waals surface area contributed by atoms with Crippen molar-refractivity contribution in [2.75, 3.05) is 37.0 Å². The molecule has 2 heterocycles. The van der Waals surface area contributed by atoms with Gasteiger partial charge in [0, 0.05) is 25.5 Å². The molecule has 0 spiro atoms. The summed E-state index contributed by atoms with van der Waals surface area (Å²) in [7, 11) is 4.00. The van der Waals surface area contributed by atoms with Crippen molar-refractivity contribution in [2.24, 2.45) is 0 Å². The number of ether oxygens (including phenoxy) is 3. The normalized spacial score (nSPS) is 20.7. The van der Waals surface area contributed by atoms with E-state index in [1.54, 1.807) is 13.0 Å². The maximum atomic E-state index is 12.4. The molecular formula is C25H28N2O5. The molecule has 0 saturated carbocycles. The molecule has 0 N–H and O–H groups in total. The second kappa shape index (κ2) is 7.89. The average Bonchev–Trinajstić information content (AvgIpc) is 3.17. The van der Waals surface area contributed by atoms with E-state index in [4.69, 9.17) is 14.2 Å². The zero-order valence-electron chi connectivity index (χ0n) is 19.0. The van der Waals surface area contributed by atoms with Gasteiger partial charge in [0.1, 0.15) is 12.3 Å². The lowest BCUT2D eigenvalue weighted by Gasteiger charge is -2.38. The van der Waals surface area contributed by atoms with E-state index in [2.05, 4.69) is 0 Å². The molecule has 0 amide bonds. The van der Waals surface area contributed by atoms with Crippen molar-refractivity contribution in [2.45, 2.75) is 31.9 Å². The van der Waals surface area contributed by atoms with Gasteiger partial charge in [0.2, 0.25) is 5.72 Å². The highest BCUT2D eigenvalue weighted by atomic mass is 16.7. The van der Waals surface area contributed by atoms with Crippen LogP contribution in [-0.4, -0.2) is 45.1 Å². The molecule has 7 heteroatoms. The van der Waals surface area contributed by atoms with Gasteiger partial charge in [-0.1, -0.05) is 18.2 Å². The monoisotopic (exact) mass is 436 g/mol. The van der Waals surface area contributed by atoms with Crippen molar-refractivity contribution in [3.05, 3.63) is 59.7 Å². The minimum atomic E-state index is -0.977. The van der Waals surface area contributed by atoms with Gasteiger partial charge in [-0.3, -0.25) is 4.79 Å². The van der Waals surface area contributed by atoms with Crippen molar-refractivity contribution < 1.29 is 23.8 Å². The van der Waals surface area contributed by atoms with Crippen LogP contribution in [-0.2, 0) is 19.7 Å². The average molecular weight is 437 g/mol. The fourth-order valence-electron chi connectivity index (χ4n) is 4.41. The standard InChI is InChI=1S/C25H28N2O5/c1-6-30-23(29)31-19-11-12-21-20(15-19)24(2,3)25(27(21)16-22(28)32-25)14-13-17-7-9-18(10-8-17)26(4)5/h7-15H,6,16H2,1-5H3. The van der Waals surface area contributed by atoms with E-state index in [1.807, 2.05) is 86.3 Å². The smallest absolute Gasteiger partial charge is 0.434 e. The number of anilines is 2.